The SMILES string of the molecule is C[I-]c1cc(C)c(N2C=CN(c3c(C)cc(C)cc3C)C2)c(C)c1. The summed E-state index contributed by atoms with van der Waals surface area (Å²) in [6.07, 6.45) is 4.43. The van der Waals surface area contributed by atoms with Crippen LogP contribution in [0.2, 0.25) is 0 Å². The molecule has 1 aliphatic heterocycles. The molecular formula is C21H26IN2-. The second-order valence-electron chi connectivity index (χ2n) is 6.70. The summed E-state index contributed by atoms with van der Waals surface area (Å²) in [7, 11) is 0. The van der Waals surface area contributed by atoms with E-state index in [1.807, 2.05) is 0 Å². The first-order chi connectivity index (χ1) is 11.4. The maximum absolute atomic E-state index is 2.38. The van der Waals surface area contributed by atoms with Gasteiger partial charge in [0.15, 0.2) is 0 Å². The predicted molar refractivity (Wildman–Crippen MR) is 100 cm³/mol. The Kier molecular flexibility index (Phi) is 4.90. The molecule has 2 nitrogen and oxygen atoms in total. The Labute approximate surface area is 156 Å². The van der Waals surface area contributed by atoms with Crippen LogP contribution in [0.4, 0.5) is 11.4 Å². The maximum atomic E-state index is 2.38. The average Bonchev–Trinajstić information content (AvgIpc) is 2.94. The number of halogens is 1. The summed E-state index contributed by atoms with van der Waals surface area (Å²) in [6, 6.07) is 9.28. The van der Waals surface area contributed by atoms with Crippen molar-refractivity contribution >= 4 is 11.4 Å². The average molecular weight is 433 g/mol. The fourth-order valence-electron chi connectivity index (χ4n) is 3.80. The van der Waals surface area contributed by atoms with E-state index in [9.17, 15) is 0 Å². The Balaban J connectivity index is 1.91. The number of hydrogen-bond acceptors (Lipinski definition) is 2. The van der Waals surface area contributed by atoms with Crippen LogP contribution in [0, 0.1) is 38.2 Å². The number of alkyl halides is 1. The van der Waals surface area contributed by atoms with Crippen LogP contribution < -0.4 is 31.0 Å². The summed E-state index contributed by atoms with van der Waals surface area (Å²) in [5.41, 5.74) is 9.49. The fourth-order valence-corrected chi connectivity index (χ4v) is 5.36. The van der Waals surface area contributed by atoms with Gasteiger partial charge in [-0.2, -0.15) is 0 Å². The van der Waals surface area contributed by atoms with Gasteiger partial charge in [0.05, 0.1) is 0 Å². The third-order valence-electron chi connectivity index (χ3n) is 4.62. The van der Waals surface area contributed by atoms with E-state index in [1.165, 1.54) is 42.8 Å². The fraction of sp³-hybridized carbons (Fsp3) is 0.333. The number of nitrogens with zero attached hydrogens (tertiary/aromatic N) is 2. The van der Waals surface area contributed by atoms with Crippen molar-refractivity contribution in [2.75, 3.05) is 21.4 Å². The van der Waals surface area contributed by atoms with Crippen molar-refractivity contribution in [3.05, 3.63) is 68.1 Å². The molecule has 0 saturated carbocycles. The quantitative estimate of drug-likeness (QED) is 0.539. The number of hydrogen-bond donors (Lipinski definition) is 0. The topological polar surface area (TPSA) is 6.48 Å². The third kappa shape index (κ3) is 3.18. The van der Waals surface area contributed by atoms with E-state index in [2.05, 4.69) is 86.0 Å². The Bertz CT molecular complexity index is 761. The van der Waals surface area contributed by atoms with Crippen molar-refractivity contribution in [1.29, 1.82) is 0 Å². The Morgan fingerprint density at radius 1 is 0.708 bits per heavy atom. The van der Waals surface area contributed by atoms with Crippen LogP contribution in [0.3, 0.4) is 0 Å². The standard InChI is InChI=1S/C21H26IN2/c1-14-9-15(2)20(16(3)10-14)23-7-8-24(13-23)21-17(4)11-19(22-6)12-18(21)5/h7-12H,13H2,1-6H3/q-1. The van der Waals surface area contributed by atoms with Crippen LogP contribution in [-0.4, -0.2) is 11.6 Å². The van der Waals surface area contributed by atoms with Gasteiger partial charge in [-0.3, -0.25) is 0 Å². The van der Waals surface area contributed by atoms with E-state index < -0.39 is 0 Å². The summed E-state index contributed by atoms with van der Waals surface area (Å²) >= 11 is 0.145. The molecule has 0 amide bonds. The van der Waals surface area contributed by atoms with Crippen molar-refractivity contribution in [1.82, 2.24) is 0 Å². The van der Waals surface area contributed by atoms with Gasteiger partial charge >= 0.3 is 157 Å². The van der Waals surface area contributed by atoms with E-state index >= 15 is 0 Å². The molecule has 0 atom stereocenters. The molecule has 0 spiro atoms. The molecule has 0 aromatic heterocycles. The van der Waals surface area contributed by atoms with E-state index in [1.54, 1.807) is 0 Å². The second kappa shape index (κ2) is 6.79. The van der Waals surface area contributed by atoms with Gasteiger partial charge < -0.3 is 0 Å². The van der Waals surface area contributed by atoms with Gasteiger partial charge in [-0.05, 0) is 0 Å². The van der Waals surface area contributed by atoms with E-state index in [0.29, 0.717) is 0 Å². The summed E-state index contributed by atoms with van der Waals surface area (Å²) in [5.74, 6) is 0. The number of benzene rings is 2. The Morgan fingerprint density at radius 2 is 1.12 bits per heavy atom. The molecule has 2 aromatic rings. The zero-order valence-electron chi connectivity index (χ0n) is 15.4. The molecule has 0 fully saturated rings. The van der Waals surface area contributed by atoms with Gasteiger partial charge in [-0.25, -0.2) is 0 Å². The summed E-state index contributed by atoms with van der Waals surface area (Å²) in [5, 5.41) is 0. The molecule has 1 aliphatic rings. The van der Waals surface area contributed by atoms with E-state index in [-0.39, 0.29) is 21.2 Å². The summed E-state index contributed by atoms with van der Waals surface area (Å²) in [6.45, 7) is 12.0. The Hall–Kier alpha value is -1.49. The van der Waals surface area contributed by atoms with Crippen LogP contribution in [0.25, 0.3) is 0 Å². The van der Waals surface area contributed by atoms with Crippen molar-refractivity contribution < 1.29 is 21.2 Å². The molecule has 0 unspecified atom stereocenters. The van der Waals surface area contributed by atoms with Gasteiger partial charge in [0, 0.05) is 0 Å². The number of anilines is 2. The minimum atomic E-state index is 0.145. The molecule has 24 heavy (non-hydrogen) atoms. The molecule has 3 rings (SSSR count). The molecule has 0 saturated heterocycles. The van der Waals surface area contributed by atoms with Crippen LogP contribution in [0.15, 0.2) is 36.7 Å². The van der Waals surface area contributed by atoms with Gasteiger partial charge in [-0.15, -0.1) is 0 Å². The first-order valence-corrected chi connectivity index (χ1v) is 11.5. The second-order valence-corrected chi connectivity index (χ2v) is 9.03. The van der Waals surface area contributed by atoms with Crippen LogP contribution in [0.5, 0.6) is 0 Å². The molecule has 0 N–H and O–H groups in total. The normalized spacial score (nSPS) is 14.1. The molecule has 2 aromatic carbocycles. The molecule has 3 heteroatoms. The summed E-state index contributed by atoms with van der Waals surface area (Å²) < 4.78 is 1.53. The molecule has 0 aliphatic carbocycles. The molecule has 0 bridgehead atoms. The van der Waals surface area contributed by atoms with Crippen molar-refractivity contribution in [3.8, 4) is 0 Å². The first kappa shape index (κ1) is 17.3. The van der Waals surface area contributed by atoms with Gasteiger partial charge in [0.1, 0.15) is 0 Å². The van der Waals surface area contributed by atoms with Crippen LogP contribution >= 0.6 is 0 Å². The van der Waals surface area contributed by atoms with Crippen molar-refractivity contribution in [2.45, 2.75) is 34.6 Å². The number of aryl methyl sites for hydroxylation is 5. The van der Waals surface area contributed by atoms with Gasteiger partial charge in [0.2, 0.25) is 0 Å². The minimum absolute atomic E-state index is 0.145. The zero-order valence-corrected chi connectivity index (χ0v) is 17.6. The molecule has 1 heterocycles. The monoisotopic (exact) mass is 433 g/mol. The predicted octanol–water partition coefficient (Wildman–Crippen LogP) is 1.87. The van der Waals surface area contributed by atoms with E-state index in [4.69, 9.17) is 0 Å². The summed E-state index contributed by atoms with van der Waals surface area (Å²) in [4.78, 5) is 7.07. The third-order valence-corrected chi connectivity index (χ3v) is 6.48. The number of rotatable bonds is 3. The first-order valence-electron chi connectivity index (χ1n) is 8.31. The zero-order chi connectivity index (χ0) is 17.4. The van der Waals surface area contributed by atoms with Crippen molar-refractivity contribution in [2.24, 2.45) is 0 Å². The molecule has 0 radical (unpaired) electrons. The van der Waals surface area contributed by atoms with Crippen LogP contribution in [-0.2, 0) is 0 Å². The van der Waals surface area contributed by atoms with E-state index in [0.717, 1.165) is 6.67 Å². The molecular weight excluding hydrogens is 407 g/mol. The van der Waals surface area contributed by atoms with Gasteiger partial charge in [-0.1, -0.05) is 0 Å². The van der Waals surface area contributed by atoms with Gasteiger partial charge in [0.25, 0.3) is 0 Å². The Morgan fingerprint density at radius 3 is 1.54 bits per heavy atom. The molecule has 128 valence electrons. The van der Waals surface area contributed by atoms with Crippen LogP contribution in [0.1, 0.15) is 27.8 Å². The van der Waals surface area contributed by atoms with Crippen molar-refractivity contribution in [3.63, 3.8) is 0 Å².